The maximum absolute atomic E-state index is 9.03. The fourth-order valence-corrected chi connectivity index (χ4v) is 1.66. The Morgan fingerprint density at radius 3 is 2.29 bits per heavy atom. The molecular formula is C15H16O2. The molecule has 0 saturated carbocycles. The van der Waals surface area contributed by atoms with Gasteiger partial charge in [0.15, 0.2) is 0 Å². The highest BCUT2D eigenvalue weighted by atomic mass is 16.5. The van der Waals surface area contributed by atoms with Crippen molar-refractivity contribution in [1.29, 1.82) is 0 Å². The molecule has 0 atom stereocenters. The molecule has 0 aliphatic rings. The molecule has 2 aromatic rings. The molecule has 1 N–H and O–H groups in total. The van der Waals surface area contributed by atoms with Gasteiger partial charge in [-0.1, -0.05) is 29.8 Å². The fraction of sp³-hybridized carbons (Fsp3) is 0.200. The summed E-state index contributed by atoms with van der Waals surface area (Å²) in [7, 11) is 0. The van der Waals surface area contributed by atoms with E-state index in [0.29, 0.717) is 0 Å². The van der Waals surface area contributed by atoms with Gasteiger partial charge in [0.2, 0.25) is 0 Å². The Hall–Kier alpha value is -1.80. The predicted molar refractivity (Wildman–Crippen MR) is 68.4 cm³/mol. The first-order valence-electron chi connectivity index (χ1n) is 5.64. The minimum Gasteiger partial charge on any atom is -0.457 e. The van der Waals surface area contributed by atoms with Gasteiger partial charge in [0.05, 0.1) is 6.61 Å². The molecule has 0 aromatic heterocycles. The molecule has 2 aromatic carbocycles. The van der Waals surface area contributed by atoms with Crippen LogP contribution in [0, 0.1) is 13.8 Å². The SMILES string of the molecule is Cc1ccc(Oc2ccc(CO)cc2C)cc1. The van der Waals surface area contributed by atoms with E-state index in [2.05, 4.69) is 0 Å². The number of hydrogen-bond acceptors (Lipinski definition) is 2. The van der Waals surface area contributed by atoms with Crippen molar-refractivity contribution < 1.29 is 9.84 Å². The topological polar surface area (TPSA) is 29.5 Å². The molecule has 17 heavy (non-hydrogen) atoms. The Morgan fingerprint density at radius 2 is 1.71 bits per heavy atom. The van der Waals surface area contributed by atoms with Gasteiger partial charge in [-0.25, -0.2) is 0 Å². The van der Waals surface area contributed by atoms with Crippen molar-refractivity contribution >= 4 is 0 Å². The number of aliphatic hydroxyl groups is 1. The zero-order valence-corrected chi connectivity index (χ0v) is 10.1. The molecular weight excluding hydrogens is 212 g/mol. The third kappa shape index (κ3) is 2.86. The zero-order chi connectivity index (χ0) is 12.3. The molecule has 0 bridgehead atoms. The van der Waals surface area contributed by atoms with Crippen molar-refractivity contribution in [3.8, 4) is 11.5 Å². The maximum Gasteiger partial charge on any atom is 0.130 e. The van der Waals surface area contributed by atoms with Crippen LogP contribution >= 0.6 is 0 Å². The molecule has 0 aliphatic carbocycles. The van der Waals surface area contributed by atoms with Crippen molar-refractivity contribution in [2.45, 2.75) is 20.5 Å². The van der Waals surface area contributed by atoms with Crippen LogP contribution in [-0.2, 0) is 6.61 Å². The molecule has 88 valence electrons. The Labute approximate surface area is 101 Å². The lowest BCUT2D eigenvalue weighted by molar-refractivity contribution is 0.281. The first-order valence-corrected chi connectivity index (χ1v) is 5.64. The number of aliphatic hydroxyl groups excluding tert-OH is 1. The largest absolute Gasteiger partial charge is 0.457 e. The van der Waals surface area contributed by atoms with Crippen molar-refractivity contribution in [3.05, 3.63) is 59.2 Å². The Bertz CT molecular complexity index is 501. The van der Waals surface area contributed by atoms with E-state index in [-0.39, 0.29) is 6.61 Å². The van der Waals surface area contributed by atoms with Gasteiger partial charge in [0.1, 0.15) is 11.5 Å². The molecule has 0 radical (unpaired) electrons. The quantitative estimate of drug-likeness (QED) is 0.870. The molecule has 2 nitrogen and oxygen atoms in total. The third-order valence-electron chi connectivity index (χ3n) is 2.67. The zero-order valence-electron chi connectivity index (χ0n) is 10.1. The van der Waals surface area contributed by atoms with Crippen LogP contribution in [0.5, 0.6) is 11.5 Å². The number of aryl methyl sites for hydroxylation is 2. The van der Waals surface area contributed by atoms with Crippen molar-refractivity contribution in [2.75, 3.05) is 0 Å². The lowest BCUT2D eigenvalue weighted by Gasteiger charge is -2.09. The van der Waals surface area contributed by atoms with Crippen molar-refractivity contribution in [3.63, 3.8) is 0 Å². The Morgan fingerprint density at radius 1 is 1.00 bits per heavy atom. The molecule has 0 spiro atoms. The molecule has 2 rings (SSSR count). The summed E-state index contributed by atoms with van der Waals surface area (Å²) in [6.07, 6.45) is 0. The lowest BCUT2D eigenvalue weighted by atomic mass is 10.1. The van der Waals surface area contributed by atoms with Crippen LogP contribution in [0.15, 0.2) is 42.5 Å². The highest BCUT2D eigenvalue weighted by Gasteiger charge is 2.02. The molecule has 0 aliphatic heterocycles. The third-order valence-corrected chi connectivity index (χ3v) is 2.67. The number of rotatable bonds is 3. The number of hydrogen-bond donors (Lipinski definition) is 1. The summed E-state index contributed by atoms with van der Waals surface area (Å²) in [6.45, 7) is 4.08. The second-order valence-electron chi connectivity index (χ2n) is 4.17. The smallest absolute Gasteiger partial charge is 0.130 e. The number of ether oxygens (including phenoxy) is 1. The summed E-state index contributed by atoms with van der Waals surface area (Å²) < 4.78 is 5.78. The Kier molecular flexibility index (Phi) is 3.45. The average molecular weight is 228 g/mol. The van der Waals surface area contributed by atoms with Gasteiger partial charge in [0, 0.05) is 0 Å². The van der Waals surface area contributed by atoms with E-state index in [0.717, 1.165) is 22.6 Å². The van der Waals surface area contributed by atoms with Crippen LogP contribution in [0.4, 0.5) is 0 Å². The minimum atomic E-state index is 0.0612. The van der Waals surface area contributed by atoms with E-state index in [1.807, 2.05) is 56.3 Å². The van der Waals surface area contributed by atoms with E-state index >= 15 is 0 Å². The Balaban J connectivity index is 2.21. The molecule has 0 fully saturated rings. The first kappa shape index (κ1) is 11.7. The second-order valence-corrected chi connectivity index (χ2v) is 4.17. The van der Waals surface area contributed by atoms with Crippen LogP contribution in [0.2, 0.25) is 0 Å². The normalized spacial score (nSPS) is 10.3. The molecule has 0 saturated heterocycles. The van der Waals surface area contributed by atoms with Gasteiger partial charge in [-0.3, -0.25) is 0 Å². The van der Waals surface area contributed by atoms with E-state index in [4.69, 9.17) is 9.84 Å². The van der Waals surface area contributed by atoms with Gasteiger partial charge in [-0.15, -0.1) is 0 Å². The van der Waals surface area contributed by atoms with Gasteiger partial charge < -0.3 is 9.84 Å². The lowest BCUT2D eigenvalue weighted by Crippen LogP contribution is -1.90. The summed E-state index contributed by atoms with van der Waals surface area (Å²) in [5.74, 6) is 1.65. The van der Waals surface area contributed by atoms with Crippen LogP contribution in [0.1, 0.15) is 16.7 Å². The van der Waals surface area contributed by atoms with E-state index in [1.165, 1.54) is 5.56 Å². The van der Waals surface area contributed by atoms with Gasteiger partial charge in [-0.05, 0) is 43.2 Å². The molecule has 2 heteroatoms. The fourth-order valence-electron chi connectivity index (χ4n) is 1.66. The molecule has 0 amide bonds. The van der Waals surface area contributed by atoms with Crippen LogP contribution in [-0.4, -0.2) is 5.11 Å². The summed E-state index contributed by atoms with van der Waals surface area (Å²) >= 11 is 0. The minimum absolute atomic E-state index is 0.0612. The summed E-state index contributed by atoms with van der Waals surface area (Å²) in [5, 5.41) is 9.03. The summed E-state index contributed by atoms with van der Waals surface area (Å²) in [5.41, 5.74) is 3.14. The monoisotopic (exact) mass is 228 g/mol. The highest BCUT2D eigenvalue weighted by Crippen LogP contribution is 2.25. The van der Waals surface area contributed by atoms with Crippen molar-refractivity contribution in [2.24, 2.45) is 0 Å². The maximum atomic E-state index is 9.03. The molecule has 0 heterocycles. The van der Waals surface area contributed by atoms with Crippen molar-refractivity contribution in [1.82, 2.24) is 0 Å². The van der Waals surface area contributed by atoms with Crippen LogP contribution in [0.25, 0.3) is 0 Å². The summed E-state index contributed by atoms with van der Waals surface area (Å²) in [4.78, 5) is 0. The molecule has 0 unspecified atom stereocenters. The van der Waals surface area contributed by atoms with Crippen LogP contribution in [0.3, 0.4) is 0 Å². The average Bonchev–Trinajstić information content (AvgIpc) is 2.34. The van der Waals surface area contributed by atoms with E-state index in [1.54, 1.807) is 0 Å². The second kappa shape index (κ2) is 5.02. The highest BCUT2D eigenvalue weighted by molar-refractivity contribution is 5.40. The standard InChI is InChI=1S/C15H16O2/c1-11-3-6-14(7-4-11)17-15-8-5-13(10-16)9-12(15)2/h3-9,16H,10H2,1-2H3. The van der Waals surface area contributed by atoms with E-state index < -0.39 is 0 Å². The summed E-state index contributed by atoms with van der Waals surface area (Å²) in [6, 6.07) is 13.6. The number of benzene rings is 2. The predicted octanol–water partition coefficient (Wildman–Crippen LogP) is 3.59. The first-order chi connectivity index (χ1) is 8.19. The van der Waals surface area contributed by atoms with Gasteiger partial charge in [-0.2, -0.15) is 0 Å². The van der Waals surface area contributed by atoms with Gasteiger partial charge in [0.25, 0.3) is 0 Å². The van der Waals surface area contributed by atoms with Crippen LogP contribution < -0.4 is 4.74 Å². The van der Waals surface area contributed by atoms with E-state index in [9.17, 15) is 0 Å². The van der Waals surface area contributed by atoms with Gasteiger partial charge >= 0.3 is 0 Å².